The van der Waals surface area contributed by atoms with Crippen LogP contribution in [-0.2, 0) is 20.9 Å². The van der Waals surface area contributed by atoms with Crippen LogP contribution >= 0.6 is 0 Å². The second kappa shape index (κ2) is 13.0. The number of ether oxygens (including phenoxy) is 1. The van der Waals surface area contributed by atoms with E-state index < -0.39 is 17.9 Å². The number of carbonyl (C=O) groups is 5. The number of nitrogens with one attached hydrogen (secondary N) is 2. The lowest BCUT2D eigenvalue weighted by Crippen LogP contribution is -2.45. The third-order valence-corrected chi connectivity index (χ3v) is 7.66. The average Bonchev–Trinajstić information content (AvgIpc) is 3.64. The van der Waals surface area contributed by atoms with E-state index in [0.717, 1.165) is 24.8 Å². The molecule has 1 aromatic heterocycles. The first-order valence-electron chi connectivity index (χ1n) is 14.4. The number of nitrogens with zero attached hydrogens (tertiary/aromatic N) is 5. The maximum Gasteiger partial charge on any atom is 0.338 e. The molecule has 4 amide bonds. The highest BCUT2D eigenvalue weighted by molar-refractivity contribution is 6.11. The summed E-state index contributed by atoms with van der Waals surface area (Å²) < 4.78 is 5.09. The number of benzene rings is 1. The van der Waals surface area contributed by atoms with Crippen LogP contribution in [0.25, 0.3) is 0 Å². The highest BCUT2D eigenvalue weighted by atomic mass is 16.5. The number of fused-ring (bicyclic) bond motifs is 1. The fourth-order valence-corrected chi connectivity index (χ4v) is 5.23. The Hall–Kier alpha value is -4.81. The Balaban J connectivity index is 1.39. The van der Waals surface area contributed by atoms with Gasteiger partial charge in [-0.05, 0) is 56.4 Å². The number of rotatable bonds is 6. The summed E-state index contributed by atoms with van der Waals surface area (Å²) in [7, 11) is 3.21. The van der Waals surface area contributed by atoms with E-state index >= 15 is 0 Å². The number of esters is 1. The second-order valence-electron chi connectivity index (χ2n) is 11.0. The van der Waals surface area contributed by atoms with E-state index in [1.54, 1.807) is 42.1 Å². The van der Waals surface area contributed by atoms with E-state index in [-0.39, 0.29) is 48.1 Å². The highest BCUT2D eigenvalue weighted by Crippen LogP contribution is 2.24. The Morgan fingerprint density at radius 1 is 1.05 bits per heavy atom. The molecule has 0 bridgehead atoms. The minimum absolute atomic E-state index is 0.00338. The van der Waals surface area contributed by atoms with Crippen molar-refractivity contribution in [3.05, 3.63) is 58.9 Å². The van der Waals surface area contributed by atoms with Gasteiger partial charge in [0.2, 0.25) is 17.8 Å². The topological polar surface area (TPSA) is 154 Å². The van der Waals surface area contributed by atoms with Crippen LogP contribution in [0.3, 0.4) is 0 Å². The Morgan fingerprint density at radius 2 is 1.81 bits per heavy atom. The molecule has 0 spiro atoms. The van der Waals surface area contributed by atoms with Gasteiger partial charge in [0.25, 0.3) is 11.8 Å². The van der Waals surface area contributed by atoms with Crippen molar-refractivity contribution in [3.63, 3.8) is 0 Å². The van der Waals surface area contributed by atoms with Crippen LogP contribution in [0.1, 0.15) is 68.9 Å². The van der Waals surface area contributed by atoms with Crippen molar-refractivity contribution in [1.29, 1.82) is 0 Å². The van der Waals surface area contributed by atoms with E-state index in [0.29, 0.717) is 43.7 Å². The molecule has 13 nitrogen and oxygen atoms in total. The van der Waals surface area contributed by atoms with Gasteiger partial charge in [-0.15, -0.1) is 0 Å². The predicted molar refractivity (Wildman–Crippen MR) is 156 cm³/mol. The number of pyridine rings is 1. The van der Waals surface area contributed by atoms with Gasteiger partial charge in [-0.3, -0.25) is 29.5 Å². The summed E-state index contributed by atoms with van der Waals surface area (Å²) in [5, 5.41) is 5.77. The molecular weight excluding hydrogens is 554 g/mol. The monoisotopic (exact) mass is 589 g/mol. The number of guanidine groups is 1. The number of hydrogen-bond acceptors (Lipinski definition) is 8. The first kappa shape index (κ1) is 29.7. The van der Waals surface area contributed by atoms with Crippen LogP contribution in [0.15, 0.2) is 41.5 Å². The molecule has 1 atom stereocenters. The molecule has 0 saturated carbocycles. The number of carbonyl (C=O) groups excluding carboxylic acids is 5. The van der Waals surface area contributed by atoms with Gasteiger partial charge in [0.05, 0.1) is 17.7 Å². The van der Waals surface area contributed by atoms with Crippen molar-refractivity contribution in [1.82, 2.24) is 25.0 Å². The molecule has 3 aliphatic rings. The minimum Gasteiger partial charge on any atom is -0.457 e. The van der Waals surface area contributed by atoms with Crippen LogP contribution in [0.4, 0.5) is 5.69 Å². The van der Waals surface area contributed by atoms with Gasteiger partial charge in [0, 0.05) is 51.2 Å². The van der Waals surface area contributed by atoms with Crippen LogP contribution in [0.5, 0.6) is 0 Å². The lowest BCUT2D eigenvalue weighted by atomic mass is 10.1. The van der Waals surface area contributed by atoms with Crippen molar-refractivity contribution >= 4 is 41.2 Å². The third-order valence-electron chi connectivity index (χ3n) is 7.66. The molecule has 13 heteroatoms. The molecule has 5 rings (SSSR count). The van der Waals surface area contributed by atoms with Gasteiger partial charge in [-0.25, -0.2) is 9.79 Å². The highest BCUT2D eigenvalue weighted by Gasteiger charge is 2.31. The zero-order valence-electron chi connectivity index (χ0n) is 24.3. The summed E-state index contributed by atoms with van der Waals surface area (Å²) in [6.07, 6.45) is 5.10. The largest absolute Gasteiger partial charge is 0.457 e. The summed E-state index contributed by atoms with van der Waals surface area (Å²) in [5.41, 5.74) is 1.97. The van der Waals surface area contributed by atoms with Crippen LogP contribution in [-0.4, -0.2) is 102 Å². The van der Waals surface area contributed by atoms with Crippen molar-refractivity contribution in [2.45, 2.75) is 44.8 Å². The molecule has 226 valence electrons. The van der Waals surface area contributed by atoms with Crippen molar-refractivity contribution in [3.8, 4) is 0 Å². The van der Waals surface area contributed by atoms with Crippen LogP contribution in [0.2, 0.25) is 0 Å². The molecule has 2 N–H and O–H groups in total. The maximum atomic E-state index is 13.6. The first-order valence-corrected chi connectivity index (χ1v) is 14.4. The smallest absolute Gasteiger partial charge is 0.338 e. The molecule has 0 aliphatic carbocycles. The quantitative estimate of drug-likeness (QED) is 0.293. The fourth-order valence-electron chi connectivity index (χ4n) is 5.23. The molecule has 1 aromatic carbocycles. The lowest BCUT2D eigenvalue weighted by Gasteiger charge is -2.25. The van der Waals surface area contributed by atoms with E-state index in [1.165, 1.54) is 23.2 Å². The molecule has 1 unspecified atom stereocenters. The van der Waals surface area contributed by atoms with Gasteiger partial charge in [-0.2, -0.15) is 0 Å². The molecule has 2 fully saturated rings. The summed E-state index contributed by atoms with van der Waals surface area (Å²) in [5.74, 6) is -1.68. The number of amides is 4. The number of hydrogen-bond donors (Lipinski definition) is 2. The van der Waals surface area contributed by atoms with E-state index in [2.05, 4.69) is 20.6 Å². The van der Waals surface area contributed by atoms with E-state index in [9.17, 15) is 24.0 Å². The standard InChI is InChI=1S/C30H35N7O6/c1-35(2)27(40)23-11-9-19(16-31-23)26(39)34-30(32-21-10-8-20-18-43-29(42)22(20)15-21)33-24-7-3-4-14-37(28(24)41)17-25(38)36-12-5-6-13-36/h8-11,15-16,24H,3-7,12-14,17-18H2,1-2H3,(H2,32,33,34,39). The van der Waals surface area contributed by atoms with E-state index in [4.69, 9.17) is 4.74 Å². The normalized spacial score (nSPS) is 18.6. The Labute approximate surface area is 249 Å². The first-order chi connectivity index (χ1) is 20.7. The van der Waals surface area contributed by atoms with Gasteiger partial charge in [0.15, 0.2) is 0 Å². The summed E-state index contributed by atoms with van der Waals surface area (Å²) in [4.78, 5) is 77.5. The van der Waals surface area contributed by atoms with Crippen molar-refractivity contribution < 1.29 is 28.7 Å². The average molecular weight is 590 g/mol. The fraction of sp³-hybridized carbons (Fsp3) is 0.433. The SMILES string of the molecule is CN(C)C(=O)c1ccc(C(=O)NC(=NC2CCCCN(CC(=O)N3CCCC3)C2=O)Nc2ccc3c(c2)C(=O)OC3)cn1. The number of aliphatic imine (C=N–C) groups is 1. The zero-order valence-corrected chi connectivity index (χ0v) is 24.3. The van der Waals surface area contributed by atoms with Crippen molar-refractivity contribution in [2.24, 2.45) is 4.99 Å². The maximum absolute atomic E-state index is 13.6. The minimum atomic E-state index is -0.839. The third kappa shape index (κ3) is 6.99. The molecular formula is C30H35N7O6. The Morgan fingerprint density at radius 3 is 2.53 bits per heavy atom. The Bertz CT molecular complexity index is 1450. The molecule has 3 aliphatic heterocycles. The lowest BCUT2D eigenvalue weighted by molar-refractivity contribution is -0.140. The summed E-state index contributed by atoms with van der Waals surface area (Å²) in [6.45, 7) is 2.05. The number of aromatic nitrogens is 1. The van der Waals surface area contributed by atoms with Gasteiger partial charge in [-0.1, -0.05) is 6.07 Å². The second-order valence-corrected chi connectivity index (χ2v) is 11.0. The molecule has 4 heterocycles. The summed E-state index contributed by atoms with van der Waals surface area (Å²) >= 11 is 0. The molecule has 43 heavy (non-hydrogen) atoms. The van der Waals surface area contributed by atoms with Crippen LogP contribution in [0, 0.1) is 0 Å². The molecule has 2 aromatic rings. The molecule has 2 saturated heterocycles. The Kier molecular flexibility index (Phi) is 8.98. The van der Waals surface area contributed by atoms with E-state index in [1.807, 2.05) is 0 Å². The van der Waals surface area contributed by atoms with Gasteiger partial charge >= 0.3 is 5.97 Å². The van der Waals surface area contributed by atoms with Crippen LogP contribution < -0.4 is 10.6 Å². The predicted octanol–water partition coefficient (Wildman–Crippen LogP) is 1.66. The molecule has 0 radical (unpaired) electrons. The van der Waals surface area contributed by atoms with Crippen molar-refractivity contribution in [2.75, 3.05) is 45.6 Å². The van der Waals surface area contributed by atoms with Gasteiger partial charge in [0.1, 0.15) is 18.3 Å². The number of cyclic esters (lactones) is 1. The van der Waals surface area contributed by atoms with Gasteiger partial charge < -0.3 is 24.8 Å². The number of anilines is 1. The number of likely N-dealkylation sites (tertiary alicyclic amines) is 2. The summed E-state index contributed by atoms with van der Waals surface area (Å²) in [6, 6.07) is 7.17. The zero-order chi connectivity index (χ0) is 30.5.